The van der Waals surface area contributed by atoms with Gasteiger partial charge in [0.2, 0.25) is 0 Å². The van der Waals surface area contributed by atoms with E-state index in [-0.39, 0.29) is 5.82 Å². The molecule has 0 heterocycles. The molecule has 0 aliphatic carbocycles. The van der Waals surface area contributed by atoms with Crippen LogP contribution >= 0.6 is 0 Å². The Morgan fingerprint density at radius 1 is 1.25 bits per heavy atom. The number of halogens is 1. The molecule has 2 heteroatoms. The summed E-state index contributed by atoms with van der Waals surface area (Å²) in [5.74, 6) is 6.59. The van der Waals surface area contributed by atoms with Crippen molar-refractivity contribution in [2.75, 3.05) is 6.61 Å². The number of hydrogen-bond acceptors (Lipinski definition) is 1. The van der Waals surface area contributed by atoms with Crippen molar-refractivity contribution < 1.29 is 9.13 Å². The Bertz CT molecular complexity index is 387. The van der Waals surface area contributed by atoms with Crippen molar-refractivity contribution in [3.63, 3.8) is 0 Å². The van der Waals surface area contributed by atoms with Gasteiger partial charge >= 0.3 is 0 Å². The molecule has 0 bridgehead atoms. The van der Waals surface area contributed by atoms with Crippen molar-refractivity contribution >= 4 is 0 Å². The maximum atomic E-state index is 13.1. The van der Waals surface area contributed by atoms with E-state index in [1.54, 1.807) is 6.07 Å². The highest BCUT2D eigenvalue weighted by molar-refractivity contribution is 5.34. The summed E-state index contributed by atoms with van der Waals surface area (Å²) in [6.07, 6.45) is 2.35. The minimum absolute atomic E-state index is 0.220. The van der Waals surface area contributed by atoms with Gasteiger partial charge in [-0.15, -0.1) is 11.8 Å². The van der Waals surface area contributed by atoms with Crippen molar-refractivity contribution in [3.8, 4) is 17.6 Å². The van der Waals surface area contributed by atoms with Gasteiger partial charge in [-0.05, 0) is 37.1 Å². The van der Waals surface area contributed by atoms with Gasteiger partial charge < -0.3 is 4.74 Å². The second-order valence-electron chi connectivity index (χ2n) is 3.39. The van der Waals surface area contributed by atoms with Crippen LogP contribution in [0.25, 0.3) is 0 Å². The van der Waals surface area contributed by atoms with E-state index in [1.165, 1.54) is 12.1 Å². The molecule has 0 amide bonds. The van der Waals surface area contributed by atoms with Crippen LogP contribution in [0.5, 0.6) is 5.75 Å². The molecule has 0 unspecified atom stereocenters. The molecule has 0 aliphatic heterocycles. The van der Waals surface area contributed by atoms with Crippen LogP contribution in [0.15, 0.2) is 18.2 Å². The van der Waals surface area contributed by atoms with E-state index in [4.69, 9.17) is 4.74 Å². The lowest BCUT2D eigenvalue weighted by Crippen LogP contribution is -1.97. The lowest BCUT2D eigenvalue weighted by atomic mass is 10.1. The molecular formula is C14H17FO. The normalized spacial score (nSPS) is 9.44. The zero-order chi connectivity index (χ0) is 11.8. The van der Waals surface area contributed by atoms with E-state index in [0.29, 0.717) is 6.61 Å². The number of rotatable bonds is 4. The molecule has 86 valence electrons. The molecule has 0 N–H and O–H groups in total. The Balaban J connectivity index is 2.71. The Hall–Kier alpha value is -1.49. The predicted molar refractivity (Wildman–Crippen MR) is 64.0 cm³/mol. The average molecular weight is 220 g/mol. The van der Waals surface area contributed by atoms with Gasteiger partial charge in [0.15, 0.2) is 0 Å². The Morgan fingerprint density at radius 3 is 2.75 bits per heavy atom. The van der Waals surface area contributed by atoms with Crippen LogP contribution in [0.3, 0.4) is 0 Å². The van der Waals surface area contributed by atoms with Gasteiger partial charge in [0.1, 0.15) is 11.6 Å². The lowest BCUT2D eigenvalue weighted by Gasteiger charge is -2.08. The smallest absolute Gasteiger partial charge is 0.123 e. The largest absolute Gasteiger partial charge is 0.494 e. The fourth-order valence-corrected chi connectivity index (χ4v) is 1.45. The second-order valence-corrected chi connectivity index (χ2v) is 3.39. The highest BCUT2D eigenvalue weighted by Gasteiger charge is 2.04. The molecule has 0 radical (unpaired) electrons. The molecule has 16 heavy (non-hydrogen) atoms. The van der Waals surface area contributed by atoms with E-state index < -0.39 is 0 Å². The lowest BCUT2D eigenvalue weighted by molar-refractivity contribution is 0.336. The number of aryl methyl sites for hydroxylation is 1. The van der Waals surface area contributed by atoms with E-state index >= 15 is 0 Å². The van der Waals surface area contributed by atoms with Gasteiger partial charge in [-0.25, -0.2) is 4.39 Å². The van der Waals surface area contributed by atoms with Gasteiger partial charge in [-0.2, -0.15) is 0 Å². The molecule has 0 aromatic heterocycles. The van der Waals surface area contributed by atoms with Gasteiger partial charge in [0.05, 0.1) is 6.61 Å². The Morgan fingerprint density at radius 2 is 2.06 bits per heavy atom. The zero-order valence-electron chi connectivity index (χ0n) is 9.85. The second kappa shape index (κ2) is 6.90. The number of hydrogen-bond donors (Lipinski definition) is 0. The molecule has 0 atom stereocenters. The Kier molecular flexibility index (Phi) is 5.42. The zero-order valence-corrected chi connectivity index (χ0v) is 9.85. The van der Waals surface area contributed by atoms with Crippen LogP contribution < -0.4 is 4.74 Å². The fraction of sp³-hybridized carbons (Fsp3) is 0.429. The summed E-state index contributed by atoms with van der Waals surface area (Å²) in [5, 5.41) is 0. The van der Waals surface area contributed by atoms with Crippen LogP contribution in [0.4, 0.5) is 4.39 Å². The first-order valence-electron chi connectivity index (χ1n) is 5.64. The molecule has 0 saturated carbocycles. The first kappa shape index (κ1) is 12.6. The van der Waals surface area contributed by atoms with E-state index in [0.717, 1.165) is 30.6 Å². The van der Waals surface area contributed by atoms with Crippen LogP contribution in [-0.2, 0) is 6.42 Å². The maximum absolute atomic E-state index is 13.1. The molecule has 0 aliphatic rings. The maximum Gasteiger partial charge on any atom is 0.123 e. The van der Waals surface area contributed by atoms with Gasteiger partial charge in [0.25, 0.3) is 0 Å². The molecule has 1 aromatic carbocycles. The highest BCUT2D eigenvalue weighted by atomic mass is 19.1. The summed E-state index contributed by atoms with van der Waals surface area (Å²) in [6.45, 7) is 4.53. The molecular weight excluding hydrogens is 203 g/mol. The molecule has 1 rings (SSSR count). The van der Waals surface area contributed by atoms with E-state index in [1.807, 2.05) is 13.8 Å². The molecule has 1 aromatic rings. The summed E-state index contributed by atoms with van der Waals surface area (Å²) in [5.41, 5.74) is 0.896. The standard InChI is InChI=1S/C14H17FO/c1-3-5-6-7-8-12-11-13(15)9-10-14(12)16-4-2/h9-11H,3-4,7-8H2,1-2H3. The molecule has 1 nitrogen and oxygen atoms in total. The summed E-state index contributed by atoms with van der Waals surface area (Å²) in [4.78, 5) is 0. The minimum atomic E-state index is -0.220. The van der Waals surface area contributed by atoms with Crippen molar-refractivity contribution in [2.45, 2.75) is 33.1 Å². The van der Waals surface area contributed by atoms with E-state index in [9.17, 15) is 4.39 Å². The van der Waals surface area contributed by atoms with Crippen molar-refractivity contribution in [3.05, 3.63) is 29.6 Å². The Labute approximate surface area is 96.6 Å². The van der Waals surface area contributed by atoms with Crippen molar-refractivity contribution in [1.82, 2.24) is 0 Å². The van der Waals surface area contributed by atoms with Crippen molar-refractivity contribution in [1.29, 1.82) is 0 Å². The average Bonchev–Trinajstić information content (AvgIpc) is 2.28. The monoisotopic (exact) mass is 220 g/mol. The summed E-state index contributed by atoms with van der Waals surface area (Å²) < 4.78 is 18.5. The van der Waals surface area contributed by atoms with Crippen LogP contribution in [0.1, 0.15) is 32.3 Å². The third-order valence-electron chi connectivity index (χ3n) is 2.14. The third-order valence-corrected chi connectivity index (χ3v) is 2.14. The first-order valence-corrected chi connectivity index (χ1v) is 5.64. The van der Waals surface area contributed by atoms with Crippen LogP contribution in [0, 0.1) is 17.7 Å². The molecule has 0 spiro atoms. The van der Waals surface area contributed by atoms with Crippen molar-refractivity contribution in [2.24, 2.45) is 0 Å². The number of ether oxygens (including phenoxy) is 1. The quantitative estimate of drug-likeness (QED) is 0.705. The predicted octanol–water partition coefficient (Wildman–Crippen LogP) is 3.57. The van der Waals surface area contributed by atoms with E-state index in [2.05, 4.69) is 11.8 Å². The topological polar surface area (TPSA) is 9.23 Å². The van der Waals surface area contributed by atoms with Crippen LogP contribution in [-0.4, -0.2) is 6.61 Å². The molecule has 0 fully saturated rings. The summed E-state index contributed by atoms with van der Waals surface area (Å²) >= 11 is 0. The van der Waals surface area contributed by atoms with Gasteiger partial charge in [-0.3, -0.25) is 0 Å². The number of benzene rings is 1. The summed E-state index contributed by atoms with van der Waals surface area (Å²) in [7, 11) is 0. The highest BCUT2D eigenvalue weighted by Crippen LogP contribution is 2.21. The SMILES string of the molecule is CCC#CCCc1cc(F)ccc1OCC. The third kappa shape index (κ3) is 3.94. The summed E-state index contributed by atoms with van der Waals surface area (Å²) in [6, 6.07) is 4.63. The van der Waals surface area contributed by atoms with Crippen LogP contribution in [0.2, 0.25) is 0 Å². The molecule has 0 saturated heterocycles. The first-order chi connectivity index (χ1) is 7.77. The minimum Gasteiger partial charge on any atom is -0.494 e. The van der Waals surface area contributed by atoms with Gasteiger partial charge in [-0.1, -0.05) is 6.92 Å². The van der Waals surface area contributed by atoms with Gasteiger partial charge in [0, 0.05) is 12.8 Å². The fourth-order valence-electron chi connectivity index (χ4n) is 1.45.